The van der Waals surface area contributed by atoms with E-state index in [0.29, 0.717) is 0 Å². The SMILES string of the molecule is COC(=O)C1(c2cccc(F)c2)CCC1. The normalized spacial score (nSPS) is 18.0. The van der Waals surface area contributed by atoms with Crippen LogP contribution in [0.25, 0.3) is 0 Å². The molecule has 0 N–H and O–H groups in total. The first kappa shape index (κ1) is 10.1. The maximum Gasteiger partial charge on any atom is 0.316 e. The van der Waals surface area contributed by atoms with Gasteiger partial charge in [0.2, 0.25) is 0 Å². The Kier molecular flexibility index (Phi) is 2.47. The van der Waals surface area contributed by atoms with Crippen LogP contribution in [-0.4, -0.2) is 13.1 Å². The van der Waals surface area contributed by atoms with Crippen molar-refractivity contribution in [2.75, 3.05) is 7.11 Å². The molecule has 1 aliphatic rings. The van der Waals surface area contributed by atoms with Crippen LogP contribution in [0.5, 0.6) is 0 Å². The standard InChI is InChI=1S/C12H13FO2/c1-15-11(14)12(6-3-7-12)9-4-2-5-10(13)8-9/h2,4-5,8H,3,6-7H2,1H3. The van der Waals surface area contributed by atoms with Gasteiger partial charge in [0, 0.05) is 0 Å². The van der Waals surface area contributed by atoms with Crippen molar-refractivity contribution in [1.82, 2.24) is 0 Å². The lowest BCUT2D eigenvalue weighted by atomic mass is 9.64. The summed E-state index contributed by atoms with van der Waals surface area (Å²) in [5, 5.41) is 0. The van der Waals surface area contributed by atoms with Crippen LogP contribution in [0.3, 0.4) is 0 Å². The molecule has 1 saturated carbocycles. The topological polar surface area (TPSA) is 26.3 Å². The number of halogens is 1. The van der Waals surface area contributed by atoms with Gasteiger partial charge in [-0.3, -0.25) is 4.79 Å². The molecule has 0 heterocycles. The summed E-state index contributed by atoms with van der Waals surface area (Å²) < 4.78 is 17.9. The molecule has 0 unspecified atom stereocenters. The lowest BCUT2D eigenvalue weighted by Crippen LogP contribution is -2.43. The fourth-order valence-electron chi connectivity index (χ4n) is 2.12. The Morgan fingerprint density at radius 2 is 2.20 bits per heavy atom. The average molecular weight is 208 g/mol. The zero-order valence-corrected chi connectivity index (χ0v) is 8.63. The fourth-order valence-corrected chi connectivity index (χ4v) is 2.12. The van der Waals surface area contributed by atoms with Gasteiger partial charge in [0.05, 0.1) is 12.5 Å². The molecule has 0 bridgehead atoms. The van der Waals surface area contributed by atoms with Crippen LogP contribution in [-0.2, 0) is 14.9 Å². The number of hydrogen-bond acceptors (Lipinski definition) is 2. The van der Waals surface area contributed by atoms with Gasteiger partial charge in [0.25, 0.3) is 0 Å². The second kappa shape index (κ2) is 3.65. The number of methoxy groups -OCH3 is 1. The van der Waals surface area contributed by atoms with E-state index in [9.17, 15) is 9.18 Å². The van der Waals surface area contributed by atoms with E-state index in [1.807, 2.05) is 0 Å². The molecule has 1 fully saturated rings. The van der Waals surface area contributed by atoms with E-state index in [1.165, 1.54) is 19.2 Å². The Hall–Kier alpha value is -1.38. The smallest absolute Gasteiger partial charge is 0.316 e. The Balaban J connectivity index is 2.38. The Bertz CT molecular complexity index is 383. The molecule has 80 valence electrons. The van der Waals surface area contributed by atoms with Crippen molar-refractivity contribution < 1.29 is 13.9 Å². The molecule has 0 radical (unpaired) electrons. The van der Waals surface area contributed by atoms with E-state index >= 15 is 0 Å². The molecular weight excluding hydrogens is 195 g/mol. The Labute approximate surface area is 88.1 Å². The minimum Gasteiger partial charge on any atom is -0.468 e. The average Bonchev–Trinajstić information content (AvgIpc) is 2.16. The zero-order valence-electron chi connectivity index (χ0n) is 8.63. The first-order valence-corrected chi connectivity index (χ1v) is 5.03. The molecule has 0 atom stereocenters. The summed E-state index contributed by atoms with van der Waals surface area (Å²) in [6, 6.07) is 6.23. The van der Waals surface area contributed by atoms with E-state index in [2.05, 4.69) is 0 Å². The van der Waals surface area contributed by atoms with Gasteiger partial charge >= 0.3 is 5.97 Å². The summed E-state index contributed by atoms with van der Waals surface area (Å²) in [4.78, 5) is 11.7. The second-order valence-corrected chi connectivity index (χ2v) is 3.94. The molecule has 0 saturated heterocycles. The van der Waals surface area contributed by atoms with Gasteiger partial charge in [0.15, 0.2) is 0 Å². The van der Waals surface area contributed by atoms with E-state index in [4.69, 9.17) is 4.74 Å². The number of rotatable bonds is 2. The van der Waals surface area contributed by atoms with Gasteiger partial charge in [-0.1, -0.05) is 18.6 Å². The van der Waals surface area contributed by atoms with Gasteiger partial charge in [0.1, 0.15) is 5.82 Å². The predicted octanol–water partition coefficient (Wildman–Crippen LogP) is 2.42. The first-order chi connectivity index (χ1) is 7.19. The van der Waals surface area contributed by atoms with Gasteiger partial charge in [-0.2, -0.15) is 0 Å². The van der Waals surface area contributed by atoms with Crippen LogP contribution in [0, 0.1) is 5.82 Å². The van der Waals surface area contributed by atoms with Gasteiger partial charge in [-0.15, -0.1) is 0 Å². The van der Waals surface area contributed by atoms with Crippen LogP contribution in [0.4, 0.5) is 4.39 Å². The van der Waals surface area contributed by atoms with E-state index in [0.717, 1.165) is 24.8 Å². The Morgan fingerprint density at radius 1 is 1.47 bits per heavy atom. The quantitative estimate of drug-likeness (QED) is 0.698. The molecule has 0 aromatic heterocycles. The highest BCUT2D eigenvalue weighted by molar-refractivity contribution is 5.84. The van der Waals surface area contributed by atoms with Crippen LogP contribution in [0.2, 0.25) is 0 Å². The molecule has 0 amide bonds. The summed E-state index contributed by atoms with van der Waals surface area (Å²) in [5.41, 5.74) is 0.150. The van der Waals surface area contributed by atoms with Crippen LogP contribution in [0.1, 0.15) is 24.8 Å². The number of hydrogen-bond donors (Lipinski definition) is 0. The largest absolute Gasteiger partial charge is 0.468 e. The van der Waals surface area contributed by atoms with Crippen molar-refractivity contribution in [3.63, 3.8) is 0 Å². The Morgan fingerprint density at radius 3 is 2.67 bits per heavy atom. The fraction of sp³-hybridized carbons (Fsp3) is 0.417. The summed E-state index contributed by atoms with van der Waals surface area (Å²) in [5.74, 6) is -0.554. The number of esters is 1. The first-order valence-electron chi connectivity index (χ1n) is 5.03. The molecule has 2 nitrogen and oxygen atoms in total. The van der Waals surface area contributed by atoms with Gasteiger partial charge < -0.3 is 4.74 Å². The van der Waals surface area contributed by atoms with E-state index in [1.54, 1.807) is 12.1 Å². The molecule has 15 heavy (non-hydrogen) atoms. The van der Waals surface area contributed by atoms with Gasteiger partial charge in [-0.05, 0) is 30.5 Å². The lowest BCUT2D eigenvalue weighted by Gasteiger charge is -2.39. The molecule has 0 spiro atoms. The highest BCUT2D eigenvalue weighted by Crippen LogP contribution is 2.44. The molecular formula is C12H13FO2. The third-order valence-corrected chi connectivity index (χ3v) is 3.16. The number of carbonyl (C=O) groups excluding carboxylic acids is 1. The summed E-state index contributed by atoms with van der Waals surface area (Å²) in [7, 11) is 1.38. The van der Waals surface area contributed by atoms with Crippen LogP contribution in [0.15, 0.2) is 24.3 Å². The highest BCUT2D eigenvalue weighted by atomic mass is 19.1. The molecule has 3 heteroatoms. The molecule has 2 rings (SSSR count). The van der Waals surface area contributed by atoms with E-state index in [-0.39, 0.29) is 11.8 Å². The van der Waals surface area contributed by atoms with Crippen molar-refractivity contribution in [2.24, 2.45) is 0 Å². The van der Waals surface area contributed by atoms with E-state index < -0.39 is 5.41 Å². The minimum absolute atomic E-state index is 0.251. The highest BCUT2D eigenvalue weighted by Gasteiger charge is 2.46. The van der Waals surface area contributed by atoms with Crippen molar-refractivity contribution in [2.45, 2.75) is 24.7 Å². The predicted molar refractivity (Wildman–Crippen MR) is 53.9 cm³/mol. The maximum absolute atomic E-state index is 13.1. The number of carbonyl (C=O) groups is 1. The van der Waals surface area contributed by atoms with Crippen LogP contribution >= 0.6 is 0 Å². The molecule has 1 aliphatic carbocycles. The maximum atomic E-state index is 13.1. The summed E-state index contributed by atoms with van der Waals surface area (Å²) in [6.45, 7) is 0. The minimum atomic E-state index is -0.586. The van der Waals surface area contributed by atoms with Crippen molar-refractivity contribution >= 4 is 5.97 Å². The van der Waals surface area contributed by atoms with Gasteiger partial charge in [-0.25, -0.2) is 4.39 Å². The lowest BCUT2D eigenvalue weighted by molar-refractivity contribution is -0.151. The second-order valence-electron chi connectivity index (χ2n) is 3.94. The third kappa shape index (κ3) is 1.52. The summed E-state index contributed by atoms with van der Waals surface area (Å²) in [6.07, 6.45) is 2.50. The zero-order chi connectivity index (χ0) is 10.9. The number of ether oxygens (including phenoxy) is 1. The van der Waals surface area contributed by atoms with Crippen molar-refractivity contribution in [1.29, 1.82) is 0 Å². The summed E-state index contributed by atoms with van der Waals surface area (Å²) >= 11 is 0. The molecule has 1 aromatic carbocycles. The monoisotopic (exact) mass is 208 g/mol. The molecule has 1 aromatic rings. The number of benzene rings is 1. The van der Waals surface area contributed by atoms with Crippen LogP contribution < -0.4 is 0 Å². The van der Waals surface area contributed by atoms with Crippen molar-refractivity contribution in [3.8, 4) is 0 Å². The molecule has 0 aliphatic heterocycles. The third-order valence-electron chi connectivity index (χ3n) is 3.16. The van der Waals surface area contributed by atoms with Crippen molar-refractivity contribution in [3.05, 3.63) is 35.6 Å².